The van der Waals surface area contributed by atoms with Crippen LogP contribution < -0.4 is 20.1 Å². The number of nitrogens with one attached hydrogen (secondary N) is 2. The number of fused-ring (bicyclic) bond motifs is 1. The summed E-state index contributed by atoms with van der Waals surface area (Å²) in [5.41, 5.74) is 0.752. The van der Waals surface area contributed by atoms with Crippen molar-refractivity contribution in [2.75, 3.05) is 25.1 Å². The van der Waals surface area contributed by atoms with Gasteiger partial charge in [-0.05, 0) is 24.3 Å². The van der Waals surface area contributed by atoms with E-state index in [1.165, 1.54) is 0 Å². The summed E-state index contributed by atoms with van der Waals surface area (Å²) in [4.78, 5) is 35.3. The Morgan fingerprint density at radius 3 is 2.46 bits per heavy atom. The van der Waals surface area contributed by atoms with Crippen LogP contribution >= 0.6 is 0 Å². The molecule has 1 aliphatic rings. The van der Waals surface area contributed by atoms with Gasteiger partial charge < -0.3 is 19.5 Å². The fourth-order valence-electron chi connectivity index (χ4n) is 2.23. The van der Waals surface area contributed by atoms with Gasteiger partial charge in [0.15, 0.2) is 18.1 Å². The summed E-state index contributed by atoms with van der Waals surface area (Å²) in [6.07, 6.45) is 0. The Balaban J connectivity index is 1.47. The topological polar surface area (TPSA) is 103 Å². The minimum absolute atomic E-state index is 0.320. The third-order valence-electron chi connectivity index (χ3n) is 3.40. The van der Waals surface area contributed by atoms with Gasteiger partial charge in [0.25, 0.3) is 5.91 Å². The second-order valence-electron chi connectivity index (χ2n) is 5.30. The van der Waals surface area contributed by atoms with Gasteiger partial charge in [0.2, 0.25) is 0 Å². The van der Waals surface area contributed by atoms with E-state index >= 15 is 0 Å². The largest absolute Gasteiger partial charge is 0.486 e. The van der Waals surface area contributed by atoms with Crippen LogP contribution in [-0.4, -0.2) is 37.7 Å². The molecule has 0 saturated carbocycles. The minimum Gasteiger partial charge on any atom is -0.486 e. The van der Waals surface area contributed by atoms with Crippen molar-refractivity contribution >= 4 is 23.6 Å². The third-order valence-corrected chi connectivity index (χ3v) is 3.40. The maximum Gasteiger partial charge on any atom is 0.338 e. The molecular weight excluding hydrogens is 340 g/mol. The molecule has 1 aliphatic heterocycles. The Bertz CT molecular complexity index is 822. The summed E-state index contributed by atoms with van der Waals surface area (Å²) < 4.78 is 15.6. The Labute approximate surface area is 149 Å². The number of esters is 1. The van der Waals surface area contributed by atoms with Crippen molar-refractivity contribution in [1.82, 2.24) is 5.32 Å². The molecule has 1 heterocycles. The fourth-order valence-corrected chi connectivity index (χ4v) is 2.23. The van der Waals surface area contributed by atoms with Gasteiger partial charge in [-0.15, -0.1) is 0 Å². The Morgan fingerprint density at radius 1 is 0.962 bits per heavy atom. The highest BCUT2D eigenvalue weighted by Gasteiger charge is 2.15. The monoisotopic (exact) mass is 356 g/mol. The molecule has 134 valence electrons. The van der Waals surface area contributed by atoms with E-state index in [0.29, 0.717) is 36.0 Å². The number of ether oxygens (including phenoxy) is 3. The SMILES string of the molecule is O=C(COC(=O)c1ccccc1)NC(=O)Nc1ccc2c(c1)OCCO2. The van der Waals surface area contributed by atoms with Crippen LogP contribution in [0.3, 0.4) is 0 Å². The first-order chi connectivity index (χ1) is 12.6. The first kappa shape index (κ1) is 17.3. The Morgan fingerprint density at radius 2 is 1.69 bits per heavy atom. The van der Waals surface area contributed by atoms with Gasteiger partial charge >= 0.3 is 12.0 Å². The normalized spacial score (nSPS) is 12.0. The lowest BCUT2D eigenvalue weighted by atomic mass is 10.2. The third kappa shape index (κ3) is 4.50. The van der Waals surface area contributed by atoms with Gasteiger partial charge in [-0.1, -0.05) is 18.2 Å². The predicted molar refractivity (Wildman–Crippen MR) is 91.3 cm³/mol. The molecule has 3 amide bonds. The Kier molecular flexibility index (Phi) is 5.33. The number of hydrogen-bond donors (Lipinski definition) is 2. The summed E-state index contributed by atoms with van der Waals surface area (Å²) in [6, 6.07) is 12.4. The molecule has 3 rings (SSSR count). The van der Waals surface area contributed by atoms with Crippen molar-refractivity contribution in [1.29, 1.82) is 0 Å². The molecule has 26 heavy (non-hydrogen) atoms. The minimum atomic E-state index is -0.748. The molecule has 0 saturated heterocycles. The van der Waals surface area contributed by atoms with Gasteiger partial charge in [-0.3, -0.25) is 10.1 Å². The van der Waals surface area contributed by atoms with Crippen molar-refractivity contribution in [3.8, 4) is 11.5 Å². The zero-order valence-corrected chi connectivity index (χ0v) is 13.7. The average Bonchev–Trinajstić information content (AvgIpc) is 2.66. The quantitative estimate of drug-likeness (QED) is 0.812. The van der Waals surface area contributed by atoms with E-state index < -0.39 is 24.5 Å². The van der Waals surface area contributed by atoms with Crippen LogP contribution in [0.2, 0.25) is 0 Å². The Hall–Kier alpha value is -3.55. The number of imide groups is 1. The molecule has 0 radical (unpaired) electrons. The van der Waals surface area contributed by atoms with E-state index in [1.54, 1.807) is 48.5 Å². The van der Waals surface area contributed by atoms with E-state index in [0.717, 1.165) is 0 Å². The standard InChI is InChI=1S/C18H16N2O6/c21-16(11-26-17(22)12-4-2-1-3-5-12)20-18(23)19-13-6-7-14-15(10-13)25-9-8-24-14/h1-7,10H,8-9,11H2,(H2,19,20,21,23). The number of anilines is 1. The molecule has 0 aliphatic carbocycles. The molecule has 0 aromatic heterocycles. The van der Waals surface area contributed by atoms with Crippen LogP contribution in [0, 0.1) is 0 Å². The average molecular weight is 356 g/mol. The smallest absolute Gasteiger partial charge is 0.338 e. The maximum atomic E-state index is 11.9. The van der Waals surface area contributed by atoms with Gasteiger partial charge in [0.05, 0.1) is 5.56 Å². The molecule has 0 atom stereocenters. The first-order valence-electron chi connectivity index (χ1n) is 7.84. The fraction of sp³-hybridized carbons (Fsp3) is 0.167. The van der Waals surface area contributed by atoms with Crippen molar-refractivity contribution < 1.29 is 28.6 Å². The molecule has 0 fully saturated rings. The highest BCUT2D eigenvalue weighted by molar-refractivity contribution is 6.02. The molecule has 2 aromatic rings. The van der Waals surface area contributed by atoms with Crippen molar-refractivity contribution in [2.24, 2.45) is 0 Å². The molecule has 2 N–H and O–H groups in total. The highest BCUT2D eigenvalue weighted by Crippen LogP contribution is 2.32. The number of urea groups is 1. The van der Waals surface area contributed by atoms with Gasteiger partial charge in [0.1, 0.15) is 13.2 Å². The predicted octanol–water partition coefficient (Wildman–Crippen LogP) is 1.96. The molecule has 8 heteroatoms. The molecule has 0 spiro atoms. The number of hydrogen-bond acceptors (Lipinski definition) is 6. The summed E-state index contributed by atoms with van der Waals surface area (Å²) >= 11 is 0. The van der Waals surface area contributed by atoms with Crippen molar-refractivity contribution in [3.63, 3.8) is 0 Å². The second-order valence-corrected chi connectivity index (χ2v) is 5.30. The van der Waals surface area contributed by atoms with Crippen LogP contribution in [0.1, 0.15) is 10.4 Å². The van der Waals surface area contributed by atoms with Crippen LogP contribution in [0.25, 0.3) is 0 Å². The first-order valence-corrected chi connectivity index (χ1v) is 7.84. The van der Waals surface area contributed by atoms with Gasteiger partial charge in [0, 0.05) is 11.8 Å². The van der Waals surface area contributed by atoms with Crippen LogP contribution in [0.5, 0.6) is 11.5 Å². The van der Waals surface area contributed by atoms with Crippen LogP contribution in [0.15, 0.2) is 48.5 Å². The highest BCUT2D eigenvalue weighted by atomic mass is 16.6. The van der Waals surface area contributed by atoms with Gasteiger partial charge in [-0.25, -0.2) is 9.59 Å². The summed E-state index contributed by atoms with van der Waals surface area (Å²) in [5.74, 6) is -0.291. The molecule has 0 bridgehead atoms. The van der Waals surface area contributed by atoms with E-state index in [1.807, 2.05) is 0 Å². The molecule has 0 unspecified atom stereocenters. The molecule has 2 aromatic carbocycles. The summed E-state index contributed by atoms with van der Waals surface area (Å²) in [7, 11) is 0. The lowest BCUT2D eigenvalue weighted by Gasteiger charge is -2.19. The van der Waals surface area contributed by atoms with Crippen LogP contribution in [0.4, 0.5) is 10.5 Å². The number of amides is 3. The second kappa shape index (κ2) is 8.02. The number of benzene rings is 2. The van der Waals surface area contributed by atoms with E-state index in [-0.39, 0.29) is 0 Å². The van der Waals surface area contributed by atoms with Gasteiger partial charge in [-0.2, -0.15) is 0 Å². The zero-order valence-electron chi connectivity index (χ0n) is 13.7. The lowest BCUT2D eigenvalue weighted by molar-refractivity contribution is -0.123. The van der Waals surface area contributed by atoms with Crippen LogP contribution in [-0.2, 0) is 9.53 Å². The zero-order chi connectivity index (χ0) is 18.4. The van der Waals surface area contributed by atoms with E-state index in [4.69, 9.17) is 14.2 Å². The number of carbonyl (C=O) groups excluding carboxylic acids is 3. The van der Waals surface area contributed by atoms with E-state index in [2.05, 4.69) is 10.6 Å². The van der Waals surface area contributed by atoms with Crippen molar-refractivity contribution in [2.45, 2.75) is 0 Å². The number of rotatable bonds is 4. The molecular formula is C18H16N2O6. The van der Waals surface area contributed by atoms with Crippen molar-refractivity contribution in [3.05, 3.63) is 54.1 Å². The van der Waals surface area contributed by atoms with E-state index in [9.17, 15) is 14.4 Å². The maximum absolute atomic E-state index is 11.9. The molecule has 8 nitrogen and oxygen atoms in total. The summed E-state index contributed by atoms with van der Waals surface area (Å²) in [6.45, 7) is 0.326. The summed E-state index contributed by atoms with van der Waals surface area (Å²) in [5, 5.41) is 4.57. The number of carbonyl (C=O) groups is 3. The lowest BCUT2D eigenvalue weighted by Crippen LogP contribution is -2.37.